The number of imide groups is 1. The predicted molar refractivity (Wildman–Crippen MR) is 74.5 cm³/mol. The molecule has 2 heterocycles. The van der Waals surface area contributed by atoms with Crippen molar-refractivity contribution in [2.45, 2.75) is 32.7 Å². The fourth-order valence-corrected chi connectivity index (χ4v) is 2.42. The predicted octanol–water partition coefficient (Wildman–Crippen LogP) is 1.08. The highest BCUT2D eigenvalue weighted by atomic mass is 16.2. The van der Waals surface area contributed by atoms with Gasteiger partial charge in [0.25, 0.3) is 5.91 Å². The largest absolute Gasteiger partial charge is 0.323 e. The summed E-state index contributed by atoms with van der Waals surface area (Å²) in [6.45, 7) is 7.92. The summed E-state index contributed by atoms with van der Waals surface area (Å²) in [5, 5.41) is 2.28. The fourth-order valence-electron chi connectivity index (χ4n) is 2.42. The topological polar surface area (TPSA) is 66.5 Å². The van der Waals surface area contributed by atoms with Gasteiger partial charge in [0, 0.05) is 18.5 Å². The lowest BCUT2D eigenvalue weighted by Crippen LogP contribution is -2.53. The number of carbonyl (C=O) groups is 3. The van der Waals surface area contributed by atoms with Crippen LogP contribution in [0.15, 0.2) is 35.5 Å². The number of carbonyl (C=O) groups excluding carboxylic acids is 3. The molecule has 0 saturated carbocycles. The first-order chi connectivity index (χ1) is 9.40. The number of allylic oxidation sites excluding steroid dienone is 2. The van der Waals surface area contributed by atoms with Crippen LogP contribution < -0.4 is 5.32 Å². The second-order valence-corrected chi connectivity index (χ2v) is 5.27. The first kappa shape index (κ1) is 14.2. The van der Waals surface area contributed by atoms with Gasteiger partial charge >= 0.3 is 0 Å². The zero-order chi connectivity index (χ0) is 14.9. The van der Waals surface area contributed by atoms with Gasteiger partial charge in [-0.15, -0.1) is 0 Å². The summed E-state index contributed by atoms with van der Waals surface area (Å²) in [6, 6.07) is -0.550. The van der Waals surface area contributed by atoms with Crippen molar-refractivity contribution < 1.29 is 14.4 Å². The van der Waals surface area contributed by atoms with E-state index in [1.807, 2.05) is 13.8 Å². The van der Waals surface area contributed by atoms with E-state index in [9.17, 15) is 14.4 Å². The van der Waals surface area contributed by atoms with Crippen LogP contribution in [0.3, 0.4) is 0 Å². The molecule has 0 aromatic carbocycles. The first-order valence-electron chi connectivity index (χ1n) is 6.58. The molecule has 0 bridgehead atoms. The monoisotopic (exact) mass is 274 g/mol. The minimum Gasteiger partial charge on any atom is -0.323 e. The van der Waals surface area contributed by atoms with Crippen LogP contribution in [-0.4, -0.2) is 35.2 Å². The molecule has 5 heteroatoms. The van der Waals surface area contributed by atoms with Crippen molar-refractivity contribution in [1.29, 1.82) is 0 Å². The van der Waals surface area contributed by atoms with E-state index in [0.29, 0.717) is 18.5 Å². The number of hydrogen-bond donors (Lipinski definition) is 1. The van der Waals surface area contributed by atoms with Crippen molar-refractivity contribution in [1.82, 2.24) is 10.2 Å². The smallest absolute Gasteiger partial charge is 0.254 e. The third kappa shape index (κ3) is 2.71. The Hall–Kier alpha value is -2.17. The molecule has 3 amide bonds. The summed E-state index contributed by atoms with van der Waals surface area (Å²) in [6.07, 6.45) is 4.19. The Balaban J connectivity index is 2.15. The van der Waals surface area contributed by atoms with Gasteiger partial charge in [0.2, 0.25) is 11.8 Å². The van der Waals surface area contributed by atoms with Gasteiger partial charge < -0.3 is 4.90 Å². The molecular weight excluding hydrogens is 256 g/mol. The standard InChI is InChI=1S/C15H18N2O3/c1-9(2)4-5-11-10(3)8-17(15(11)20)12-6-7-13(18)16-14(12)19/h4-5,12H,1,6-8H2,2-3H3,(H,16,18,19)/b5-4-. The van der Waals surface area contributed by atoms with Gasteiger partial charge in [-0.3, -0.25) is 19.7 Å². The van der Waals surface area contributed by atoms with E-state index in [4.69, 9.17) is 0 Å². The lowest BCUT2D eigenvalue weighted by atomic mass is 10.0. The van der Waals surface area contributed by atoms with E-state index in [2.05, 4.69) is 11.9 Å². The molecule has 1 N–H and O–H groups in total. The summed E-state index contributed by atoms with van der Waals surface area (Å²) >= 11 is 0. The highest BCUT2D eigenvalue weighted by molar-refractivity contribution is 6.05. The third-order valence-corrected chi connectivity index (χ3v) is 3.48. The molecule has 2 aliphatic heterocycles. The maximum atomic E-state index is 12.4. The zero-order valence-corrected chi connectivity index (χ0v) is 11.7. The molecule has 1 atom stereocenters. The third-order valence-electron chi connectivity index (χ3n) is 3.48. The van der Waals surface area contributed by atoms with Crippen molar-refractivity contribution in [3.05, 3.63) is 35.5 Å². The van der Waals surface area contributed by atoms with Gasteiger partial charge in [0.15, 0.2) is 0 Å². The number of nitrogens with one attached hydrogen (secondary N) is 1. The molecule has 0 aromatic heterocycles. The SMILES string of the molecule is C=C(C)/C=C\C1=C(C)CN(C2CCC(=O)NC2=O)C1=O. The Bertz CT molecular complexity index is 557. The van der Waals surface area contributed by atoms with Crippen LogP contribution in [0.1, 0.15) is 26.7 Å². The second kappa shape index (κ2) is 5.45. The normalized spacial score (nSPS) is 23.8. The molecule has 1 unspecified atom stereocenters. The molecule has 0 radical (unpaired) electrons. The quantitative estimate of drug-likeness (QED) is 0.618. The highest BCUT2D eigenvalue weighted by Gasteiger charge is 2.38. The number of rotatable bonds is 3. The Morgan fingerprint density at radius 1 is 1.40 bits per heavy atom. The van der Waals surface area contributed by atoms with E-state index < -0.39 is 6.04 Å². The molecule has 5 nitrogen and oxygen atoms in total. The fraction of sp³-hybridized carbons (Fsp3) is 0.400. The number of amides is 3. The summed E-state index contributed by atoms with van der Waals surface area (Å²) < 4.78 is 0. The van der Waals surface area contributed by atoms with Crippen LogP contribution in [-0.2, 0) is 14.4 Å². The minimum atomic E-state index is -0.550. The van der Waals surface area contributed by atoms with Crippen molar-refractivity contribution >= 4 is 17.7 Å². The van der Waals surface area contributed by atoms with E-state index in [-0.39, 0.29) is 24.1 Å². The summed E-state index contributed by atoms with van der Waals surface area (Å²) in [7, 11) is 0. The Kier molecular flexibility index (Phi) is 3.88. The van der Waals surface area contributed by atoms with Gasteiger partial charge in [-0.2, -0.15) is 0 Å². The van der Waals surface area contributed by atoms with Gasteiger partial charge in [0.1, 0.15) is 6.04 Å². The summed E-state index contributed by atoms with van der Waals surface area (Å²) in [5.74, 6) is -0.813. The Morgan fingerprint density at radius 3 is 2.70 bits per heavy atom. The average Bonchev–Trinajstić information content (AvgIpc) is 2.62. The van der Waals surface area contributed by atoms with Crippen LogP contribution in [0.4, 0.5) is 0 Å². The molecule has 0 spiro atoms. The Labute approximate surface area is 118 Å². The summed E-state index contributed by atoms with van der Waals surface area (Å²) in [5.41, 5.74) is 2.40. The lowest BCUT2D eigenvalue weighted by Gasteiger charge is -2.29. The van der Waals surface area contributed by atoms with Gasteiger partial charge in [0.05, 0.1) is 0 Å². The number of nitrogens with zero attached hydrogens (tertiary/aromatic N) is 1. The highest BCUT2D eigenvalue weighted by Crippen LogP contribution is 2.25. The van der Waals surface area contributed by atoms with Crippen LogP contribution in [0, 0.1) is 0 Å². The maximum Gasteiger partial charge on any atom is 0.254 e. The molecule has 2 aliphatic rings. The van der Waals surface area contributed by atoms with E-state index in [0.717, 1.165) is 11.1 Å². The Morgan fingerprint density at radius 2 is 2.10 bits per heavy atom. The van der Waals surface area contributed by atoms with Gasteiger partial charge in [-0.1, -0.05) is 18.2 Å². The van der Waals surface area contributed by atoms with E-state index in [1.165, 1.54) is 4.90 Å². The number of hydrogen-bond acceptors (Lipinski definition) is 3. The molecule has 2 rings (SSSR count). The summed E-state index contributed by atoms with van der Waals surface area (Å²) in [4.78, 5) is 36.9. The van der Waals surface area contributed by atoms with Crippen molar-refractivity contribution in [3.8, 4) is 0 Å². The van der Waals surface area contributed by atoms with Crippen LogP contribution in [0.2, 0.25) is 0 Å². The van der Waals surface area contributed by atoms with Crippen molar-refractivity contribution in [2.24, 2.45) is 0 Å². The maximum absolute atomic E-state index is 12.4. The molecule has 106 valence electrons. The first-order valence-corrected chi connectivity index (χ1v) is 6.58. The minimum absolute atomic E-state index is 0.158. The van der Waals surface area contributed by atoms with Crippen LogP contribution in [0.25, 0.3) is 0 Å². The van der Waals surface area contributed by atoms with Gasteiger partial charge in [-0.05, 0) is 31.9 Å². The molecule has 0 aromatic rings. The average molecular weight is 274 g/mol. The van der Waals surface area contributed by atoms with E-state index in [1.54, 1.807) is 12.2 Å². The van der Waals surface area contributed by atoms with Crippen LogP contribution >= 0.6 is 0 Å². The zero-order valence-electron chi connectivity index (χ0n) is 11.7. The van der Waals surface area contributed by atoms with Crippen LogP contribution in [0.5, 0.6) is 0 Å². The second-order valence-electron chi connectivity index (χ2n) is 5.27. The van der Waals surface area contributed by atoms with Gasteiger partial charge in [-0.25, -0.2) is 0 Å². The molecular formula is C15H18N2O3. The lowest BCUT2D eigenvalue weighted by molar-refractivity contribution is -0.142. The molecule has 0 aliphatic carbocycles. The number of piperidine rings is 1. The molecule has 1 saturated heterocycles. The molecule has 20 heavy (non-hydrogen) atoms. The van der Waals surface area contributed by atoms with E-state index >= 15 is 0 Å². The van der Waals surface area contributed by atoms with Crippen molar-refractivity contribution in [2.75, 3.05) is 6.54 Å². The van der Waals surface area contributed by atoms with Crippen molar-refractivity contribution in [3.63, 3.8) is 0 Å². The molecule has 1 fully saturated rings.